The maximum atomic E-state index is 13.0. The molecule has 0 radical (unpaired) electrons. The second kappa shape index (κ2) is 6.62. The first-order chi connectivity index (χ1) is 12.6. The lowest BCUT2D eigenvalue weighted by Gasteiger charge is -2.56. The zero-order chi connectivity index (χ0) is 17.9. The molecule has 4 bridgehead atoms. The molecule has 6 heteroatoms. The molecule has 4 saturated carbocycles. The molecule has 0 unspecified atom stereocenters. The normalized spacial score (nSPS) is 30.8. The van der Waals surface area contributed by atoms with Crippen molar-refractivity contribution in [3.05, 3.63) is 23.9 Å². The highest BCUT2D eigenvalue weighted by Gasteiger charge is 2.51. The molecule has 146 valence electrons. The fourth-order valence-electron chi connectivity index (χ4n) is 6.15. The second-order valence-electron chi connectivity index (χ2n) is 8.63. The first-order valence-electron chi connectivity index (χ1n) is 9.65. The van der Waals surface area contributed by atoms with E-state index in [1.165, 1.54) is 19.3 Å². The van der Waals surface area contributed by atoms with E-state index >= 15 is 0 Å². The number of halogens is 1. The number of amides is 1. The smallest absolute Gasteiger partial charge is 0.268 e. The summed E-state index contributed by atoms with van der Waals surface area (Å²) in [6.45, 7) is 0. The number of methoxy groups -OCH3 is 2. The van der Waals surface area contributed by atoms with Crippen molar-refractivity contribution >= 4 is 29.2 Å². The first kappa shape index (κ1) is 18.5. The third-order valence-electron chi connectivity index (χ3n) is 6.79. The molecule has 2 N–H and O–H groups in total. The monoisotopic (exact) mass is 390 g/mol. The zero-order valence-electron chi connectivity index (χ0n) is 15.8. The fraction of sp³-hybridized carbons (Fsp3) is 0.571. The van der Waals surface area contributed by atoms with Crippen LogP contribution >= 0.6 is 12.4 Å². The molecule has 0 atom stereocenters. The summed E-state index contributed by atoms with van der Waals surface area (Å²) in [5, 5.41) is 4.38. The van der Waals surface area contributed by atoms with Crippen molar-refractivity contribution < 1.29 is 14.3 Å². The van der Waals surface area contributed by atoms with Crippen LogP contribution in [0.3, 0.4) is 0 Å². The summed E-state index contributed by atoms with van der Waals surface area (Å²) < 4.78 is 10.7. The van der Waals surface area contributed by atoms with Gasteiger partial charge in [0.2, 0.25) is 0 Å². The lowest BCUT2D eigenvalue weighted by molar-refractivity contribution is -0.0167. The van der Waals surface area contributed by atoms with E-state index in [4.69, 9.17) is 9.47 Å². The van der Waals surface area contributed by atoms with E-state index in [-0.39, 0.29) is 23.9 Å². The van der Waals surface area contributed by atoms with E-state index in [2.05, 4.69) is 10.3 Å². The van der Waals surface area contributed by atoms with Crippen LogP contribution in [0.25, 0.3) is 10.9 Å². The van der Waals surface area contributed by atoms with Crippen molar-refractivity contribution in [2.24, 2.45) is 17.8 Å². The number of fused-ring (bicyclic) bond motifs is 1. The van der Waals surface area contributed by atoms with Gasteiger partial charge in [-0.3, -0.25) is 4.79 Å². The minimum atomic E-state index is 0. The predicted molar refractivity (Wildman–Crippen MR) is 107 cm³/mol. The number of hydrogen-bond acceptors (Lipinski definition) is 3. The van der Waals surface area contributed by atoms with Gasteiger partial charge in [0.15, 0.2) is 11.5 Å². The maximum absolute atomic E-state index is 13.0. The van der Waals surface area contributed by atoms with Crippen molar-refractivity contribution in [2.45, 2.75) is 44.1 Å². The Morgan fingerprint density at radius 3 is 2.11 bits per heavy atom. The summed E-state index contributed by atoms with van der Waals surface area (Å²) in [6.07, 6.45) is 7.61. The van der Waals surface area contributed by atoms with E-state index in [0.717, 1.165) is 47.9 Å². The summed E-state index contributed by atoms with van der Waals surface area (Å²) in [4.78, 5) is 16.3. The van der Waals surface area contributed by atoms with Gasteiger partial charge in [0, 0.05) is 22.5 Å². The van der Waals surface area contributed by atoms with Gasteiger partial charge in [-0.2, -0.15) is 0 Å². The number of aromatic nitrogens is 1. The number of H-pyrrole nitrogens is 1. The van der Waals surface area contributed by atoms with Gasteiger partial charge in [-0.1, -0.05) is 0 Å². The van der Waals surface area contributed by atoms with Crippen LogP contribution in [0.1, 0.15) is 49.0 Å². The number of ether oxygens (including phenoxy) is 2. The Morgan fingerprint density at radius 1 is 1.00 bits per heavy atom. The number of benzene rings is 1. The Hall–Kier alpha value is -1.88. The summed E-state index contributed by atoms with van der Waals surface area (Å²) in [7, 11) is 3.24. The van der Waals surface area contributed by atoms with Crippen molar-refractivity contribution in [2.75, 3.05) is 14.2 Å². The van der Waals surface area contributed by atoms with E-state index in [1.807, 2.05) is 18.2 Å². The van der Waals surface area contributed by atoms with Gasteiger partial charge in [-0.25, -0.2) is 0 Å². The minimum Gasteiger partial charge on any atom is -0.493 e. The van der Waals surface area contributed by atoms with Crippen LogP contribution in [0.5, 0.6) is 11.5 Å². The highest BCUT2D eigenvalue weighted by atomic mass is 35.5. The van der Waals surface area contributed by atoms with Crippen LogP contribution in [0.2, 0.25) is 0 Å². The average molecular weight is 391 g/mol. The van der Waals surface area contributed by atoms with Crippen LogP contribution in [0, 0.1) is 17.8 Å². The molecule has 2 aromatic rings. The van der Waals surface area contributed by atoms with Crippen LogP contribution in [0.15, 0.2) is 18.2 Å². The molecule has 1 aromatic heterocycles. The Labute approximate surface area is 165 Å². The van der Waals surface area contributed by atoms with Crippen molar-refractivity contribution in [1.29, 1.82) is 0 Å². The van der Waals surface area contributed by atoms with Gasteiger partial charge in [0.25, 0.3) is 5.91 Å². The van der Waals surface area contributed by atoms with Gasteiger partial charge in [-0.15, -0.1) is 12.4 Å². The number of nitrogens with one attached hydrogen (secondary N) is 2. The molecule has 4 aliphatic carbocycles. The summed E-state index contributed by atoms with van der Waals surface area (Å²) in [5.41, 5.74) is 1.53. The quantitative estimate of drug-likeness (QED) is 0.817. The Kier molecular flexibility index (Phi) is 4.53. The fourth-order valence-corrected chi connectivity index (χ4v) is 6.15. The molecular weight excluding hydrogens is 364 g/mol. The Bertz CT molecular complexity index is 799. The molecule has 4 aliphatic rings. The van der Waals surface area contributed by atoms with E-state index in [1.54, 1.807) is 14.2 Å². The van der Waals surface area contributed by atoms with Crippen LogP contribution < -0.4 is 14.8 Å². The highest BCUT2D eigenvalue weighted by molar-refractivity contribution is 5.99. The van der Waals surface area contributed by atoms with Crippen LogP contribution in [-0.2, 0) is 0 Å². The highest BCUT2D eigenvalue weighted by Crippen LogP contribution is 2.55. The summed E-state index contributed by atoms with van der Waals surface area (Å²) in [5.74, 6) is 3.80. The van der Waals surface area contributed by atoms with Gasteiger partial charge >= 0.3 is 0 Å². The number of rotatable bonds is 4. The molecule has 27 heavy (non-hydrogen) atoms. The molecule has 1 amide bonds. The predicted octanol–water partition coefficient (Wildman–Crippen LogP) is 4.31. The number of carbonyl (C=O) groups excluding carboxylic acids is 1. The molecule has 1 aromatic carbocycles. The SMILES string of the molecule is COc1cc2cc(C(=O)NC34CC5CC(CC(C5)C3)C4)[nH]c2cc1OC.Cl. The molecule has 5 nitrogen and oxygen atoms in total. The molecule has 1 heterocycles. The standard InChI is InChI=1S/C21H26N2O3.ClH/c1-25-18-7-15-6-17(22-16(15)8-19(18)26-2)20(24)23-21-9-12-3-13(10-21)5-14(4-12)11-21;/h6-8,12-14,22H,3-5,9-11H2,1-2H3,(H,23,24);1H. The lowest BCUT2D eigenvalue weighted by atomic mass is 9.53. The Balaban J connectivity index is 0.00000180. The lowest BCUT2D eigenvalue weighted by Crippen LogP contribution is -2.59. The molecule has 0 saturated heterocycles. The first-order valence-corrected chi connectivity index (χ1v) is 9.65. The van der Waals surface area contributed by atoms with Gasteiger partial charge in [0.05, 0.1) is 14.2 Å². The molecule has 0 spiro atoms. The largest absolute Gasteiger partial charge is 0.493 e. The van der Waals surface area contributed by atoms with Crippen LogP contribution in [0.4, 0.5) is 0 Å². The molecule has 0 aliphatic heterocycles. The molecular formula is C21H27ClN2O3. The third-order valence-corrected chi connectivity index (χ3v) is 6.79. The zero-order valence-corrected chi connectivity index (χ0v) is 16.7. The van der Waals surface area contributed by atoms with E-state index in [9.17, 15) is 4.79 Å². The van der Waals surface area contributed by atoms with Crippen molar-refractivity contribution in [3.63, 3.8) is 0 Å². The van der Waals surface area contributed by atoms with E-state index < -0.39 is 0 Å². The van der Waals surface area contributed by atoms with Crippen LogP contribution in [-0.4, -0.2) is 30.6 Å². The Morgan fingerprint density at radius 2 is 1.56 bits per heavy atom. The third kappa shape index (κ3) is 3.06. The second-order valence-corrected chi connectivity index (χ2v) is 8.63. The topological polar surface area (TPSA) is 63.3 Å². The molecule has 4 fully saturated rings. The maximum Gasteiger partial charge on any atom is 0.268 e. The minimum absolute atomic E-state index is 0. The van der Waals surface area contributed by atoms with Crippen molar-refractivity contribution in [1.82, 2.24) is 10.3 Å². The van der Waals surface area contributed by atoms with Gasteiger partial charge < -0.3 is 19.8 Å². The molecule has 6 rings (SSSR count). The summed E-state index contributed by atoms with van der Waals surface area (Å²) in [6, 6.07) is 5.70. The van der Waals surface area contributed by atoms with Crippen molar-refractivity contribution in [3.8, 4) is 11.5 Å². The number of carbonyl (C=O) groups is 1. The van der Waals surface area contributed by atoms with Gasteiger partial charge in [-0.05, 0) is 68.4 Å². The number of aromatic amines is 1. The van der Waals surface area contributed by atoms with E-state index in [0.29, 0.717) is 17.2 Å². The van der Waals surface area contributed by atoms with Gasteiger partial charge in [0.1, 0.15) is 5.69 Å². The number of hydrogen-bond donors (Lipinski definition) is 2. The summed E-state index contributed by atoms with van der Waals surface area (Å²) >= 11 is 0. The average Bonchev–Trinajstić information content (AvgIpc) is 3.02.